The van der Waals surface area contributed by atoms with Crippen LogP contribution in [0.4, 0.5) is 16.5 Å². The van der Waals surface area contributed by atoms with Crippen molar-refractivity contribution in [3.63, 3.8) is 0 Å². The summed E-state index contributed by atoms with van der Waals surface area (Å²) in [5, 5.41) is 6.05. The molecule has 0 saturated carbocycles. The summed E-state index contributed by atoms with van der Waals surface area (Å²) in [4.78, 5) is 17.6. The fraction of sp³-hybridized carbons (Fsp3) is 0.333. The van der Waals surface area contributed by atoms with Crippen LogP contribution in [0.1, 0.15) is 12.1 Å². The quantitative estimate of drug-likeness (QED) is 0.831. The van der Waals surface area contributed by atoms with Crippen LogP contribution >= 0.6 is 11.3 Å². The third-order valence-electron chi connectivity index (χ3n) is 3.00. The zero-order valence-electron chi connectivity index (χ0n) is 12.4. The van der Waals surface area contributed by atoms with Gasteiger partial charge in [0.2, 0.25) is 0 Å². The molecule has 1 heterocycles. The average molecular weight is 305 g/mol. The van der Waals surface area contributed by atoms with E-state index in [2.05, 4.69) is 19.9 Å². The molecule has 0 atom stereocenters. The molecule has 0 bridgehead atoms. The van der Waals surface area contributed by atoms with Crippen LogP contribution in [0.3, 0.4) is 0 Å². The number of hydrogen-bond acceptors (Lipinski definition) is 6. The van der Waals surface area contributed by atoms with Crippen LogP contribution < -0.4 is 10.2 Å². The maximum atomic E-state index is 11.1. The van der Waals surface area contributed by atoms with E-state index in [0.29, 0.717) is 12.8 Å². The Balaban J connectivity index is 1.94. The van der Waals surface area contributed by atoms with Crippen LogP contribution in [0, 0.1) is 0 Å². The van der Waals surface area contributed by atoms with E-state index in [0.717, 1.165) is 22.2 Å². The van der Waals surface area contributed by atoms with Crippen molar-refractivity contribution >= 4 is 33.8 Å². The van der Waals surface area contributed by atoms with E-state index in [-0.39, 0.29) is 5.97 Å². The molecule has 0 aliphatic heterocycles. The maximum Gasteiger partial charge on any atom is 0.305 e. The van der Waals surface area contributed by atoms with Crippen molar-refractivity contribution in [2.24, 2.45) is 0 Å². The smallest absolute Gasteiger partial charge is 0.305 e. The number of carbonyl (C=O) groups excluding carboxylic acids is 1. The SMILES string of the molecule is COC(=O)CCc1csc(Nc2ccc(N(C)C)cc2)n1. The lowest BCUT2D eigenvalue weighted by molar-refractivity contribution is -0.140. The third kappa shape index (κ3) is 4.46. The van der Waals surface area contributed by atoms with Crippen molar-refractivity contribution in [2.75, 3.05) is 31.4 Å². The second-order valence-electron chi connectivity index (χ2n) is 4.79. The molecule has 0 radical (unpaired) electrons. The number of nitrogens with zero attached hydrogens (tertiary/aromatic N) is 2. The van der Waals surface area contributed by atoms with Gasteiger partial charge in [0.05, 0.1) is 19.2 Å². The van der Waals surface area contributed by atoms with Gasteiger partial charge in [0.25, 0.3) is 0 Å². The number of nitrogens with one attached hydrogen (secondary N) is 1. The first-order valence-corrected chi connectivity index (χ1v) is 7.52. The first-order valence-electron chi connectivity index (χ1n) is 6.64. The fourth-order valence-corrected chi connectivity index (χ4v) is 2.54. The number of rotatable bonds is 6. The van der Waals surface area contributed by atoms with Gasteiger partial charge in [-0.05, 0) is 24.3 Å². The molecule has 2 aromatic rings. The highest BCUT2D eigenvalue weighted by atomic mass is 32.1. The summed E-state index contributed by atoms with van der Waals surface area (Å²) >= 11 is 1.53. The molecule has 0 unspecified atom stereocenters. The number of thiazole rings is 1. The van der Waals surface area contributed by atoms with Gasteiger partial charge >= 0.3 is 5.97 Å². The summed E-state index contributed by atoms with van der Waals surface area (Å²) in [5.41, 5.74) is 3.05. The lowest BCUT2D eigenvalue weighted by Gasteiger charge is -2.12. The van der Waals surface area contributed by atoms with Gasteiger partial charge in [-0.2, -0.15) is 0 Å². The Morgan fingerprint density at radius 1 is 1.33 bits per heavy atom. The molecular formula is C15H19N3O2S. The number of hydrogen-bond donors (Lipinski definition) is 1. The van der Waals surface area contributed by atoms with Crippen molar-refractivity contribution in [3.05, 3.63) is 35.3 Å². The van der Waals surface area contributed by atoms with Crippen LogP contribution in [-0.4, -0.2) is 32.2 Å². The second kappa shape index (κ2) is 7.08. The highest BCUT2D eigenvalue weighted by Crippen LogP contribution is 2.23. The van der Waals surface area contributed by atoms with Crippen molar-refractivity contribution < 1.29 is 9.53 Å². The largest absolute Gasteiger partial charge is 0.469 e. The summed E-state index contributed by atoms with van der Waals surface area (Å²) in [7, 11) is 5.42. The molecule has 0 spiro atoms. The van der Waals surface area contributed by atoms with Crippen LogP contribution in [0.15, 0.2) is 29.6 Å². The number of aryl methyl sites for hydroxylation is 1. The monoisotopic (exact) mass is 305 g/mol. The van der Waals surface area contributed by atoms with Crippen LogP contribution in [0.25, 0.3) is 0 Å². The predicted molar refractivity (Wildman–Crippen MR) is 86.5 cm³/mol. The molecule has 0 fully saturated rings. The Hall–Kier alpha value is -2.08. The van der Waals surface area contributed by atoms with Gasteiger partial charge in [0.1, 0.15) is 0 Å². The standard InChI is InChI=1S/C15H19N3O2S/c1-18(2)13-7-4-11(5-8-13)16-15-17-12(10-21-15)6-9-14(19)20-3/h4-5,7-8,10H,6,9H2,1-3H3,(H,16,17). The van der Waals surface area contributed by atoms with E-state index in [4.69, 9.17) is 0 Å². The van der Waals surface area contributed by atoms with Crippen molar-refractivity contribution in [1.82, 2.24) is 4.98 Å². The van der Waals surface area contributed by atoms with Gasteiger partial charge in [0, 0.05) is 37.3 Å². The molecule has 0 saturated heterocycles. The number of carbonyl (C=O) groups is 1. The van der Waals surface area contributed by atoms with Gasteiger partial charge in [0.15, 0.2) is 5.13 Å². The summed E-state index contributed by atoms with van der Waals surface area (Å²) < 4.78 is 4.62. The summed E-state index contributed by atoms with van der Waals surface area (Å²) in [6.45, 7) is 0. The molecule has 112 valence electrons. The molecule has 1 aromatic heterocycles. The first-order chi connectivity index (χ1) is 10.1. The molecule has 0 aliphatic carbocycles. The van der Waals surface area contributed by atoms with Gasteiger partial charge in [-0.25, -0.2) is 4.98 Å². The zero-order valence-corrected chi connectivity index (χ0v) is 13.2. The van der Waals surface area contributed by atoms with Gasteiger partial charge in [-0.1, -0.05) is 0 Å². The number of ether oxygens (including phenoxy) is 1. The highest BCUT2D eigenvalue weighted by molar-refractivity contribution is 7.13. The van der Waals surface area contributed by atoms with Gasteiger partial charge < -0.3 is 15.0 Å². The van der Waals surface area contributed by atoms with Crippen molar-refractivity contribution in [1.29, 1.82) is 0 Å². The van der Waals surface area contributed by atoms with Crippen LogP contribution in [0.2, 0.25) is 0 Å². The number of esters is 1. The number of aromatic nitrogens is 1. The van der Waals surface area contributed by atoms with Crippen LogP contribution in [-0.2, 0) is 16.0 Å². The normalized spacial score (nSPS) is 10.2. The van der Waals surface area contributed by atoms with E-state index >= 15 is 0 Å². The lowest BCUT2D eigenvalue weighted by Crippen LogP contribution is -2.08. The minimum absolute atomic E-state index is 0.211. The minimum Gasteiger partial charge on any atom is -0.469 e. The Labute approximate surface area is 128 Å². The Morgan fingerprint density at radius 2 is 2.05 bits per heavy atom. The highest BCUT2D eigenvalue weighted by Gasteiger charge is 2.06. The van der Waals surface area contributed by atoms with Gasteiger partial charge in [-0.3, -0.25) is 4.79 Å². The van der Waals surface area contributed by atoms with E-state index in [9.17, 15) is 4.79 Å². The lowest BCUT2D eigenvalue weighted by atomic mass is 10.2. The van der Waals surface area contributed by atoms with Gasteiger partial charge in [-0.15, -0.1) is 11.3 Å². The van der Waals surface area contributed by atoms with E-state index in [1.165, 1.54) is 18.4 Å². The summed E-state index contributed by atoms with van der Waals surface area (Å²) in [6.07, 6.45) is 0.960. The molecule has 21 heavy (non-hydrogen) atoms. The molecule has 5 nitrogen and oxygen atoms in total. The topological polar surface area (TPSA) is 54.5 Å². The first kappa shape index (κ1) is 15.3. The molecule has 0 aliphatic rings. The molecule has 0 amide bonds. The van der Waals surface area contributed by atoms with Crippen molar-refractivity contribution in [2.45, 2.75) is 12.8 Å². The Kier molecular flexibility index (Phi) is 5.16. The van der Waals surface area contributed by atoms with E-state index in [1.807, 2.05) is 43.7 Å². The molecule has 6 heteroatoms. The molecule has 1 N–H and O–H groups in total. The predicted octanol–water partition coefficient (Wildman–Crippen LogP) is 3.06. The minimum atomic E-state index is -0.211. The number of anilines is 3. The second-order valence-corrected chi connectivity index (χ2v) is 5.64. The summed E-state index contributed by atoms with van der Waals surface area (Å²) in [5.74, 6) is -0.211. The summed E-state index contributed by atoms with van der Waals surface area (Å²) in [6, 6.07) is 8.14. The molecule has 2 rings (SSSR count). The van der Waals surface area contributed by atoms with Crippen LogP contribution in [0.5, 0.6) is 0 Å². The van der Waals surface area contributed by atoms with Crippen molar-refractivity contribution in [3.8, 4) is 0 Å². The van der Waals surface area contributed by atoms with E-state index < -0.39 is 0 Å². The Bertz CT molecular complexity index is 593. The fourth-order valence-electron chi connectivity index (χ4n) is 1.78. The zero-order chi connectivity index (χ0) is 15.2. The number of benzene rings is 1. The molecular weight excluding hydrogens is 286 g/mol. The molecule has 1 aromatic carbocycles. The Morgan fingerprint density at radius 3 is 2.67 bits per heavy atom. The third-order valence-corrected chi connectivity index (χ3v) is 3.81. The number of methoxy groups -OCH3 is 1. The maximum absolute atomic E-state index is 11.1. The van der Waals surface area contributed by atoms with E-state index in [1.54, 1.807) is 0 Å². The average Bonchev–Trinajstić information content (AvgIpc) is 2.93.